The highest BCUT2D eigenvalue weighted by Gasteiger charge is 2.49. The van der Waals surface area contributed by atoms with Gasteiger partial charge in [0, 0.05) is 17.9 Å². The number of hydrogen-bond donors (Lipinski definition) is 0. The molecule has 2 heteroatoms. The van der Waals surface area contributed by atoms with Crippen molar-refractivity contribution in [1.82, 2.24) is 0 Å². The molecule has 0 N–H and O–H groups in total. The van der Waals surface area contributed by atoms with Gasteiger partial charge in [-0.15, -0.1) is 0 Å². The number of carbonyl (C=O) groups excluding carboxylic acids is 2. The van der Waals surface area contributed by atoms with E-state index in [9.17, 15) is 9.59 Å². The smallest absolute Gasteiger partial charge is 0.166 e. The molecule has 88 valence electrons. The van der Waals surface area contributed by atoms with E-state index in [-0.39, 0.29) is 17.1 Å². The lowest BCUT2D eigenvalue weighted by Gasteiger charge is -2.36. The molecule has 1 spiro atoms. The van der Waals surface area contributed by atoms with Gasteiger partial charge in [-0.25, -0.2) is 0 Å². The van der Waals surface area contributed by atoms with Crippen molar-refractivity contribution in [2.75, 3.05) is 0 Å². The SMILES string of the molecule is C[C@H]1C[C@@]2(CCCC2=O)c2ccccc2C1=O. The number of benzene rings is 1. The molecule has 0 unspecified atom stereocenters. The third kappa shape index (κ3) is 1.33. The van der Waals surface area contributed by atoms with Gasteiger partial charge in [0.05, 0.1) is 5.41 Å². The molecule has 2 aliphatic carbocycles. The highest BCUT2D eigenvalue weighted by atomic mass is 16.1. The zero-order valence-electron chi connectivity index (χ0n) is 10.0. The van der Waals surface area contributed by atoms with Gasteiger partial charge in [0.2, 0.25) is 0 Å². The molecule has 0 bridgehead atoms. The van der Waals surface area contributed by atoms with E-state index in [1.807, 2.05) is 31.2 Å². The Hall–Kier alpha value is -1.44. The Kier molecular flexibility index (Phi) is 2.22. The zero-order valence-corrected chi connectivity index (χ0v) is 10.0. The molecular formula is C15H16O2. The summed E-state index contributed by atoms with van der Waals surface area (Å²) in [5.74, 6) is 0.516. The summed E-state index contributed by atoms with van der Waals surface area (Å²) in [6.07, 6.45) is 3.27. The molecule has 3 rings (SSSR count). The second-order valence-corrected chi connectivity index (χ2v) is 5.37. The Balaban J connectivity index is 2.23. The fraction of sp³-hybridized carbons (Fsp3) is 0.467. The van der Waals surface area contributed by atoms with Gasteiger partial charge in [0.25, 0.3) is 0 Å². The van der Waals surface area contributed by atoms with Gasteiger partial charge < -0.3 is 0 Å². The average molecular weight is 228 g/mol. The third-order valence-electron chi connectivity index (χ3n) is 4.35. The van der Waals surface area contributed by atoms with Gasteiger partial charge in [0.15, 0.2) is 5.78 Å². The van der Waals surface area contributed by atoms with Crippen LogP contribution in [0, 0.1) is 5.92 Å². The molecule has 0 radical (unpaired) electrons. The molecule has 1 fully saturated rings. The van der Waals surface area contributed by atoms with Gasteiger partial charge >= 0.3 is 0 Å². The van der Waals surface area contributed by atoms with Crippen LogP contribution in [0.1, 0.15) is 48.5 Å². The third-order valence-corrected chi connectivity index (χ3v) is 4.35. The Morgan fingerprint density at radius 2 is 2.00 bits per heavy atom. The normalized spacial score (nSPS) is 31.9. The summed E-state index contributed by atoms with van der Waals surface area (Å²) >= 11 is 0. The van der Waals surface area contributed by atoms with E-state index in [1.165, 1.54) is 0 Å². The monoisotopic (exact) mass is 228 g/mol. The predicted molar refractivity (Wildman–Crippen MR) is 65.1 cm³/mol. The van der Waals surface area contributed by atoms with E-state index >= 15 is 0 Å². The molecule has 2 nitrogen and oxygen atoms in total. The summed E-state index contributed by atoms with van der Waals surface area (Å²) in [5, 5.41) is 0. The van der Waals surface area contributed by atoms with E-state index in [0.717, 1.165) is 24.0 Å². The molecule has 0 aliphatic heterocycles. The van der Waals surface area contributed by atoms with Gasteiger partial charge in [-0.05, 0) is 24.8 Å². The quantitative estimate of drug-likeness (QED) is 0.684. The second-order valence-electron chi connectivity index (χ2n) is 5.37. The predicted octanol–water partition coefficient (Wildman–Crippen LogP) is 2.90. The fourth-order valence-corrected chi connectivity index (χ4v) is 3.54. The number of carbonyl (C=O) groups is 2. The van der Waals surface area contributed by atoms with Crippen LogP contribution in [0.25, 0.3) is 0 Å². The van der Waals surface area contributed by atoms with Crippen molar-refractivity contribution in [2.45, 2.75) is 38.0 Å². The van der Waals surface area contributed by atoms with Crippen LogP contribution in [0.3, 0.4) is 0 Å². The van der Waals surface area contributed by atoms with Gasteiger partial charge in [-0.1, -0.05) is 31.2 Å². The highest BCUT2D eigenvalue weighted by Crippen LogP contribution is 2.48. The zero-order chi connectivity index (χ0) is 12.0. The van der Waals surface area contributed by atoms with Crippen molar-refractivity contribution in [1.29, 1.82) is 0 Å². The maximum atomic E-state index is 12.3. The van der Waals surface area contributed by atoms with Crippen LogP contribution in [-0.4, -0.2) is 11.6 Å². The maximum Gasteiger partial charge on any atom is 0.166 e. The standard InChI is InChI=1S/C15H16O2/c1-10-9-15(8-4-7-13(15)16)12-6-3-2-5-11(12)14(10)17/h2-3,5-6,10H,4,7-9H2,1H3/t10-,15-/m0/s1. The van der Waals surface area contributed by atoms with Crippen LogP contribution in [0.15, 0.2) is 24.3 Å². The first-order chi connectivity index (χ1) is 8.15. The molecule has 2 aliphatic rings. The number of Topliss-reactive ketones (excluding diaryl/α,β-unsaturated/α-hetero) is 2. The molecule has 2 atom stereocenters. The summed E-state index contributed by atoms with van der Waals surface area (Å²) < 4.78 is 0. The van der Waals surface area contributed by atoms with Crippen LogP contribution in [0.5, 0.6) is 0 Å². The van der Waals surface area contributed by atoms with Crippen LogP contribution in [-0.2, 0) is 10.2 Å². The van der Waals surface area contributed by atoms with Crippen molar-refractivity contribution in [3.8, 4) is 0 Å². The molecule has 0 amide bonds. The molecule has 1 aromatic carbocycles. The van der Waals surface area contributed by atoms with Crippen LogP contribution in [0.4, 0.5) is 0 Å². The summed E-state index contributed by atoms with van der Waals surface area (Å²) in [4.78, 5) is 24.4. The van der Waals surface area contributed by atoms with Gasteiger partial charge in [-0.2, -0.15) is 0 Å². The molecule has 0 aromatic heterocycles. The Morgan fingerprint density at radius 1 is 1.24 bits per heavy atom. The van der Waals surface area contributed by atoms with E-state index in [0.29, 0.717) is 18.6 Å². The lowest BCUT2D eigenvalue weighted by atomic mass is 9.64. The van der Waals surface area contributed by atoms with E-state index in [4.69, 9.17) is 0 Å². The van der Waals surface area contributed by atoms with E-state index in [1.54, 1.807) is 0 Å². The minimum atomic E-state index is -0.343. The number of hydrogen-bond acceptors (Lipinski definition) is 2. The molecule has 0 heterocycles. The van der Waals surface area contributed by atoms with Crippen molar-refractivity contribution >= 4 is 11.6 Å². The van der Waals surface area contributed by atoms with E-state index < -0.39 is 0 Å². The molecule has 17 heavy (non-hydrogen) atoms. The minimum Gasteiger partial charge on any atom is -0.299 e. The Labute approximate surface area is 101 Å². The first-order valence-electron chi connectivity index (χ1n) is 6.32. The van der Waals surface area contributed by atoms with Gasteiger partial charge in [-0.3, -0.25) is 9.59 Å². The van der Waals surface area contributed by atoms with Crippen molar-refractivity contribution in [3.63, 3.8) is 0 Å². The second kappa shape index (κ2) is 3.52. The van der Waals surface area contributed by atoms with Crippen molar-refractivity contribution in [3.05, 3.63) is 35.4 Å². The molecular weight excluding hydrogens is 212 g/mol. The van der Waals surface area contributed by atoms with Crippen LogP contribution >= 0.6 is 0 Å². The van der Waals surface area contributed by atoms with Crippen LogP contribution in [0.2, 0.25) is 0 Å². The molecule has 1 saturated carbocycles. The van der Waals surface area contributed by atoms with E-state index in [2.05, 4.69) is 0 Å². The summed E-state index contributed by atoms with van der Waals surface area (Å²) in [6.45, 7) is 1.95. The molecule has 0 saturated heterocycles. The average Bonchev–Trinajstić information content (AvgIpc) is 2.69. The van der Waals surface area contributed by atoms with Crippen LogP contribution < -0.4 is 0 Å². The van der Waals surface area contributed by atoms with Gasteiger partial charge in [0.1, 0.15) is 5.78 Å². The first-order valence-corrected chi connectivity index (χ1v) is 6.32. The lowest BCUT2D eigenvalue weighted by Crippen LogP contribution is -2.40. The highest BCUT2D eigenvalue weighted by molar-refractivity contribution is 6.05. The summed E-state index contributed by atoms with van der Waals surface area (Å²) in [6, 6.07) is 7.68. The lowest BCUT2D eigenvalue weighted by molar-refractivity contribution is -0.122. The minimum absolute atomic E-state index is 0.0213. The topological polar surface area (TPSA) is 34.1 Å². The number of fused-ring (bicyclic) bond motifs is 2. The summed E-state index contributed by atoms with van der Waals surface area (Å²) in [5.41, 5.74) is 1.43. The van der Waals surface area contributed by atoms with Crippen molar-refractivity contribution in [2.24, 2.45) is 5.92 Å². The fourth-order valence-electron chi connectivity index (χ4n) is 3.54. The number of ketones is 2. The van der Waals surface area contributed by atoms with Crippen molar-refractivity contribution < 1.29 is 9.59 Å². The molecule has 1 aromatic rings. The first kappa shape index (κ1) is 10.7. The maximum absolute atomic E-state index is 12.3. The summed E-state index contributed by atoms with van der Waals surface area (Å²) in [7, 11) is 0. The Morgan fingerprint density at radius 3 is 2.71 bits per heavy atom. The number of rotatable bonds is 0. The largest absolute Gasteiger partial charge is 0.299 e. The Bertz CT molecular complexity index is 503.